The third-order valence-corrected chi connectivity index (χ3v) is 3.17. The molecule has 0 spiro atoms. The van der Waals surface area contributed by atoms with Gasteiger partial charge in [0.2, 0.25) is 5.91 Å². The topological polar surface area (TPSA) is 43.1 Å². The molecule has 0 radical (unpaired) electrons. The van der Waals surface area contributed by atoms with E-state index in [0.29, 0.717) is 12.0 Å². The zero-order valence-electron chi connectivity index (χ0n) is 10.8. The Morgan fingerprint density at radius 1 is 1.16 bits per heavy atom. The van der Waals surface area contributed by atoms with Gasteiger partial charge in [0.25, 0.3) is 0 Å². The quantitative estimate of drug-likeness (QED) is 0.895. The summed E-state index contributed by atoms with van der Waals surface area (Å²) in [7, 11) is 0. The van der Waals surface area contributed by atoms with Crippen molar-refractivity contribution in [2.24, 2.45) is 5.73 Å². The minimum atomic E-state index is -0.314. The number of nitrogens with two attached hydrogens (primary N) is 1. The molecule has 0 aromatic heterocycles. The molecule has 0 bridgehead atoms. The van der Waals surface area contributed by atoms with Crippen LogP contribution < -0.4 is 5.73 Å². The molecule has 2 aromatic rings. The van der Waals surface area contributed by atoms with Crippen molar-refractivity contribution in [3.05, 3.63) is 59.9 Å². The van der Waals surface area contributed by atoms with Crippen LogP contribution in [-0.2, 0) is 4.79 Å². The predicted molar refractivity (Wildman–Crippen MR) is 74.1 cm³/mol. The number of primary amides is 1. The van der Waals surface area contributed by atoms with Crippen molar-refractivity contribution in [3.8, 4) is 11.1 Å². The molecule has 1 atom stereocenters. The second-order valence-electron chi connectivity index (χ2n) is 4.67. The zero-order valence-corrected chi connectivity index (χ0v) is 10.8. The van der Waals surface area contributed by atoms with Crippen LogP contribution in [0.25, 0.3) is 11.1 Å². The fraction of sp³-hybridized carbons (Fsp3) is 0.188. The van der Waals surface area contributed by atoms with E-state index in [1.165, 1.54) is 6.07 Å². The van der Waals surface area contributed by atoms with Crippen LogP contribution in [0.5, 0.6) is 0 Å². The van der Waals surface area contributed by atoms with E-state index in [1.807, 2.05) is 37.3 Å². The molecule has 2 aromatic carbocycles. The monoisotopic (exact) mass is 257 g/mol. The first-order valence-electron chi connectivity index (χ1n) is 6.21. The molecule has 0 saturated heterocycles. The molecule has 1 unspecified atom stereocenters. The third kappa shape index (κ3) is 3.19. The number of rotatable bonds is 4. The molecular formula is C16H16FNO. The zero-order chi connectivity index (χ0) is 13.8. The Balaban J connectivity index is 2.24. The average Bonchev–Trinajstić information content (AvgIpc) is 2.39. The minimum Gasteiger partial charge on any atom is -0.370 e. The highest BCUT2D eigenvalue weighted by Gasteiger charge is 2.09. The molecule has 0 aliphatic heterocycles. The maximum Gasteiger partial charge on any atom is 0.218 e. The molecule has 0 aliphatic rings. The molecule has 1 amide bonds. The van der Waals surface area contributed by atoms with Crippen molar-refractivity contribution in [2.45, 2.75) is 19.3 Å². The molecule has 2 N–H and O–H groups in total. The second-order valence-corrected chi connectivity index (χ2v) is 4.67. The summed E-state index contributed by atoms with van der Waals surface area (Å²) in [4.78, 5) is 10.9. The Morgan fingerprint density at radius 2 is 1.79 bits per heavy atom. The molecular weight excluding hydrogens is 241 g/mol. The Kier molecular flexibility index (Phi) is 3.95. The van der Waals surface area contributed by atoms with Crippen molar-refractivity contribution in [1.82, 2.24) is 0 Å². The smallest absolute Gasteiger partial charge is 0.218 e. The summed E-state index contributed by atoms with van der Waals surface area (Å²) < 4.78 is 13.6. The fourth-order valence-corrected chi connectivity index (χ4v) is 2.11. The summed E-state index contributed by atoms with van der Waals surface area (Å²) in [6, 6.07) is 14.2. The maximum absolute atomic E-state index is 13.6. The van der Waals surface area contributed by atoms with E-state index in [0.717, 1.165) is 11.1 Å². The van der Waals surface area contributed by atoms with Gasteiger partial charge in [0.1, 0.15) is 5.82 Å². The van der Waals surface area contributed by atoms with Crippen LogP contribution in [0.15, 0.2) is 48.5 Å². The lowest BCUT2D eigenvalue weighted by molar-refractivity contribution is -0.118. The molecule has 3 heteroatoms. The Labute approximate surface area is 112 Å². The number of carbonyl (C=O) groups excluding carboxylic acids is 1. The van der Waals surface area contributed by atoms with Gasteiger partial charge in [0.15, 0.2) is 0 Å². The van der Waals surface area contributed by atoms with Crippen molar-refractivity contribution in [1.29, 1.82) is 0 Å². The van der Waals surface area contributed by atoms with Crippen molar-refractivity contribution in [3.63, 3.8) is 0 Å². The molecule has 0 fully saturated rings. The SMILES string of the molecule is CC(CC(N)=O)c1ccc(-c2ccccc2F)cc1. The summed E-state index contributed by atoms with van der Waals surface area (Å²) in [6.07, 6.45) is 0.318. The summed E-state index contributed by atoms with van der Waals surface area (Å²) in [5, 5.41) is 0. The van der Waals surface area contributed by atoms with Gasteiger partial charge in [-0.2, -0.15) is 0 Å². The lowest BCUT2D eigenvalue weighted by Crippen LogP contribution is -2.13. The van der Waals surface area contributed by atoms with E-state index in [1.54, 1.807) is 12.1 Å². The second kappa shape index (κ2) is 5.65. The number of hydrogen-bond acceptors (Lipinski definition) is 1. The molecule has 0 aliphatic carbocycles. The number of amides is 1. The number of carbonyl (C=O) groups is 1. The first-order valence-corrected chi connectivity index (χ1v) is 6.21. The standard InChI is InChI=1S/C16H16FNO/c1-11(10-16(18)19)12-6-8-13(9-7-12)14-4-2-3-5-15(14)17/h2-9,11H,10H2,1H3,(H2,18,19). The largest absolute Gasteiger partial charge is 0.370 e. The van der Waals surface area contributed by atoms with Gasteiger partial charge in [0, 0.05) is 12.0 Å². The van der Waals surface area contributed by atoms with Crippen LogP contribution in [0.4, 0.5) is 4.39 Å². The first kappa shape index (κ1) is 13.3. The van der Waals surface area contributed by atoms with Crippen LogP contribution >= 0.6 is 0 Å². The van der Waals surface area contributed by atoms with Gasteiger partial charge in [-0.25, -0.2) is 4.39 Å². The van der Waals surface area contributed by atoms with Crippen LogP contribution in [0.1, 0.15) is 24.8 Å². The van der Waals surface area contributed by atoms with Crippen LogP contribution in [0.3, 0.4) is 0 Å². The lowest BCUT2D eigenvalue weighted by atomic mass is 9.95. The molecule has 19 heavy (non-hydrogen) atoms. The summed E-state index contributed by atoms with van der Waals surface area (Å²) in [5.74, 6) is -0.474. The van der Waals surface area contributed by atoms with Gasteiger partial charge in [0.05, 0.1) is 0 Å². The highest BCUT2D eigenvalue weighted by molar-refractivity contribution is 5.74. The molecule has 0 saturated carbocycles. The predicted octanol–water partition coefficient (Wildman–Crippen LogP) is 3.47. The normalized spacial score (nSPS) is 12.1. The summed E-state index contributed by atoms with van der Waals surface area (Å²) in [6.45, 7) is 1.95. The van der Waals surface area contributed by atoms with E-state index in [9.17, 15) is 9.18 Å². The van der Waals surface area contributed by atoms with Crippen molar-refractivity contribution in [2.75, 3.05) is 0 Å². The van der Waals surface area contributed by atoms with Crippen LogP contribution in [-0.4, -0.2) is 5.91 Å². The molecule has 0 heterocycles. The van der Waals surface area contributed by atoms with Crippen molar-refractivity contribution < 1.29 is 9.18 Å². The van der Waals surface area contributed by atoms with Gasteiger partial charge in [-0.1, -0.05) is 49.4 Å². The van der Waals surface area contributed by atoms with Gasteiger partial charge in [-0.3, -0.25) is 4.79 Å². The van der Waals surface area contributed by atoms with Gasteiger partial charge < -0.3 is 5.73 Å². The molecule has 2 nitrogen and oxygen atoms in total. The minimum absolute atomic E-state index is 0.0761. The Bertz CT molecular complexity index is 578. The highest BCUT2D eigenvalue weighted by atomic mass is 19.1. The van der Waals surface area contributed by atoms with E-state index in [-0.39, 0.29) is 17.6 Å². The maximum atomic E-state index is 13.6. The lowest BCUT2D eigenvalue weighted by Gasteiger charge is -2.11. The molecule has 98 valence electrons. The van der Waals surface area contributed by atoms with E-state index < -0.39 is 0 Å². The van der Waals surface area contributed by atoms with E-state index in [2.05, 4.69) is 0 Å². The highest BCUT2D eigenvalue weighted by Crippen LogP contribution is 2.25. The van der Waals surface area contributed by atoms with Crippen molar-refractivity contribution >= 4 is 5.91 Å². The molecule has 2 rings (SSSR count). The van der Waals surface area contributed by atoms with Gasteiger partial charge >= 0.3 is 0 Å². The van der Waals surface area contributed by atoms with Gasteiger partial charge in [-0.15, -0.1) is 0 Å². The Hall–Kier alpha value is -2.16. The van der Waals surface area contributed by atoms with Crippen LogP contribution in [0.2, 0.25) is 0 Å². The number of halogens is 1. The van der Waals surface area contributed by atoms with Crippen LogP contribution in [0, 0.1) is 5.82 Å². The first-order chi connectivity index (χ1) is 9.08. The van der Waals surface area contributed by atoms with E-state index in [4.69, 9.17) is 5.73 Å². The number of benzene rings is 2. The third-order valence-electron chi connectivity index (χ3n) is 3.17. The van der Waals surface area contributed by atoms with E-state index >= 15 is 0 Å². The Morgan fingerprint density at radius 3 is 2.37 bits per heavy atom. The average molecular weight is 257 g/mol. The fourth-order valence-electron chi connectivity index (χ4n) is 2.11. The number of hydrogen-bond donors (Lipinski definition) is 1. The summed E-state index contributed by atoms with van der Waals surface area (Å²) in [5.41, 5.74) is 7.62. The summed E-state index contributed by atoms with van der Waals surface area (Å²) >= 11 is 0. The van der Waals surface area contributed by atoms with Gasteiger partial charge in [-0.05, 0) is 23.1 Å².